The van der Waals surface area contributed by atoms with E-state index >= 15 is 0 Å². The predicted octanol–water partition coefficient (Wildman–Crippen LogP) is 0.237. The minimum atomic E-state index is -0.325. The van der Waals surface area contributed by atoms with Gasteiger partial charge in [-0.1, -0.05) is 0 Å². The van der Waals surface area contributed by atoms with E-state index in [1.165, 1.54) is 38.8 Å². The Morgan fingerprint density at radius 3 is 2.30 bits per heavy atom. The van der Waals surface area contributed by atoms with Gasteiger partial charge in [0.15, 0.2) is 0 Å². The maximum atomic E-state index is 12.0. The van der Waals surface area contributed by atoms with E-state index < -0.39 is 0 Å². The smallest absolute Gasteiger partial charge is 0.234 e. The molecule has 4 aliphatic rings. The molecule has 9 nitrogen and oxygen atoms in total. The molecular weight excluding hydrogens is 382 g/mol. The third kappa shape index (κ3) is 3.81. The lowest BCUT2D eigenvalue weighted by molar-refractivity contribution is -0.134. The molecule has 1 aromatic rings. The molecule has 0 bridgehead atoms. The summed E-state index contributed by atoms with van der Waals surface area (Å²) < 4.78 is 0. The van der Waals surface area contributed by atoms with Crippen LogP contribution in [0.25, 0.3) is 0 Å². The summed E-state index contributed by atoms with van der Waals surface area (Å²) >= 11 is 0. The second-order valence-electron chi connectivity index (χ2n) is 9.48. The first kappa shape index (κ1) is 19.8. The Balaban J connectivity index is 1.13. The van der Waals surface area contributed by atoms with Crippen LogP contribution in [0.1, 0.15) is 50.0 Å². The number of amides is 2. The van der Waals surface area contributed by atoms with Crippen molar-refractivity contribution in [3.8, 4) is 0 Å². The molecule has 2 amide bonds. The van der Waals surface area contributed by atoms with Gasteiger partial charge in [0.1, 0.15) is 0 Å². The van der Waals surface area contributed by atoms with Crippen molar-refractivity contribution in [3.05, 3.63) is 18.0 Å². The molecule has 0 radical (unpaired) electrons. The molecule has 4 saturated heterocycles. The number of nitrogens with one attached hydrogen (secondary N) is 1. The largest absolute Gasteiger partial charge is 0.341 e. The highest BCUT2D eigenvalue weighted by Gasteiger charge is 2.47. The molecule has 4 fully saturated rings. The van der Waals surface area contributed by atoms with E-state index in [-0.39, 0.29) is 17.7 Å². The van der Waals surface area contributed by atoms with Crippen molar-refractivity contribution >= 4 is 17.8 Å². The van der Waals surface area contributed by atoms with Crippen molar-refractivity contribution in [2.24, 2.45) is 11.3 Å². The summed E-state index contributed by atoms with van der Waals surface area (Å²) in [5.41, 5.74) is 1.25. The van der Waals surface area contributed by atoms with Gasteiger partial charge in [0.25, 0.3) is 0 Å². The number of nitrogens with zero attached hydrogens (tertiary/aromatic N) is 5. The van der Waals surface area contributed by atoms with E-state index in [9.17, 15) is 9.59 Å². The number of aromatic nitrogens is 2. The summed E-state index contributed by atoms with van der Waals surface area (Å²) in [6.07, 6.45) is 9.13. The summed E-state index contributed by atoms with van der Waals surface area (Å²) in [6.45, 7) is 6.40. The summed E-state index contributed by atoms with van der Waals surface area (Å²) in [6, 6.07) is 0.705. The minimum absolute atomic E-state index is 0.199. The van der Waals surface area contributed by atoms with E-state index in [0.717, 1.165) is 37.7 Å². The van der Waals surface area contributed by atoms with Crippen molar-refractivity contribution in [1.82, 2.24) is 25.2 Å². The van der Waals surface area contributed by atoms with Crippen molar-refractivity contribution in [2.75, 3.05) is 44.2 Å². The molecular formula is C21H31N7O2. The molecule has 0 aliphatic carbocycles. The molecule has 0 saturated carbocycles. The summed E-state index contributed by atoms with van der Waals surface area (Å²) in [4.78, 5) is 37.4. The fraction of sp³-hybridized carbons (Fsp3) is 0.714. The normalized spacial score (nSPS) is 28.4. The van der Waals surface area contributed by atoms with Crippen LogP contribution in [0, 0.1) is 5.41 Å². The number of piperidine rings is 3. The van der Waals surface area contributed by atoms with Crippen molar-refractivity contribution in [3.63, 3.8) is 0 Å². The second-order valence-corrected chi connectivity index (χ2v) is 9.48. The Bertz CT molecular complexity index is 790. The maximum absolute atomic E-state index is 12.0. The average Bonchev–Trinajstić information content (AvgIpc) is 2.73. The molecule has 30 heavy (non-hydrogen) atoms. The number of anilines is 1. The number of hydrogen-bond acceptors (Lipinski definition) is 8. The van der Waals surface area contributed by atoms with Crippen LogP contribution in [0.15, 0.2) is 12.4 Å². The van der Waals surface area contributed by atoms with Crippen LogP contribution in [-0.4, -0.2) is 77.0 Å². The first-order chi connectivity index (χ1) is 14.5. The van der Waals surface area contributed by atoms with Gasteiger partial charge >= 0.3 is 0 Å². The zero-order valence-electron chi connectivity index (χ0n) is 17.4. The molecule has 4 aliphatic heterocycles. The standard InChI is InChI=1S/C21H31N7O2/c22-28-7-3-16(4-8-28)27-13-21(14-27)5-9-26(10-6-21)20-23-11-15(12-24-20)17-1-2-18(29)25-19(17)30/h11-12,16-17H,1-10,13-14,22H2,(H,25,29,30). The molecule has 1 aromatic heterocycles. The first-order valence-electron chi connectivity index (χ1n) is 11.2. The molecule has 1 atom stereocenters. The van der Waals surface area contributed by atoms with Gasteiger partial charge in [-0.05, 0) is 37.5 Å². The third-order valence-electron chi connectivity index (χ3n) is 7.50. The van der Waals surface area contributed by atoms with Crippen LogP contribution in [0.5, 0.6) is 0 Å². The second kappa shape index (κ2) is 7.86. The monoisotopic (exact) mass is 413 g/mol. The fourth-order valence-electron chi connectivity index (χ4n) is 5.51. The Kier molecular flexibility index (Phi) is 5.20. The molecule has 9 heteroatoms. The molecule has 5 rings (SSSR count). The fourth-order valence-corrected chi connectivity index (χ4v) is 5.51. The highest BCUT2D eigenvalue weighted by molar-refractivity contribution is 6.00. The van der Waals surface area contributed by atoms with Crippen LogP contribution in [0.2, 0.25) is 0 Å². The van der Waals surface area contributed by atoms with Crippen LogP contribution >= 0.6 is 0 Å². The summed E-state index contributed by atoms with van der Waals surface area (Å²) in [5, 5.41) is 4.34. The lowest BCUT2D eigenvalue weighted by atomic mass is 9.71. The van der Waals surface area contributed by atoms with Crippen molar-refractivity contribution in [1.29, 1.82) is 0 Å². The SMILES string of the molecule is NN1CCC(N2CC3(CCN(c4ncc(C5CCC(=O)NC5=O)cn4)CC3)C2)CC1. The average molecular weight is 414 g/mol. The quantitative estimate of drug-likeness (QED) is 0.536. The van der Waals surface area contributed by atoms with Crippen LogP contribution in [-0.2, 0) is 9.59 Å². The lowest BCUT2D eigenvalue weighted by Gasteiger charge is -2.57. The zero-order chi connectivity index (χ0) is 20.7. The topological polar surface area (TPSA) is 108 Å². The zero-order valence-corrected chi connectivity index (χ0v) is 17.4. The molecule has 0 aromatic carbocycles. The van der Waals surface area contributed by atoms with E-state index in [4.69, 9.17) is 5.84 Å². The van der Waals surface area contributed by atoms with Gasteiger partial charge in [0.05, 0.1) is 5.92 Å². The first-order valence-corrected chi connectivity index (χ1v) is 11.2. The van der Waals surface area contributed by atoms with Gasteiger partial charge in [-0.25, -0.2) is 15.0 Å². The number of rotatable bonds is 3. The third-order valence-corrected chi connectivity index (χ3v) is 7.50. The van der Waals surface area contributed by atoms with Gasteiger partial charge in [0.2, 0.25) is 17.8 Å². The van der Waals surface area contributed by atoms with E-state index in [1.54, 1.807) is 12.4 Å². The van der Waals surface area contributed by atoms with Crippen LogP contribution < -0.4 is 16.1 Å². The predicted molar refractivity (Wildman–Crippen MR) is 111 cm³/mol. The lowest BCUT2D eigenvalue weighted by Crippen LogP contribution is -2.64. The van der Waals surface area contributed by atoms with Crippen LogP contribution in [0.4, 0.5) is 5.95 Å². The maximum Gasteiger partial charge on any atom is 0.234 e. The number of likely N-dealkylation sites (tertiary alicyclic amines) is 1. The van der Waals surface area contributed by atoms with Crippen molar-refractivity contribution < 1.29 is 9.59 Å². The summed E-state index contributed by atoms with van der Waals surface area (Å²) in [5.74, 6) is 5.87. The van der Waals surface area contributed by atoms with Gasteiger partial charge in [-0.2, -0.15) is 0 Å². The van der Waals surface area contributed by atoms with E-state index in [0.29, 0.717) is 24.3 Å². The summed E-state index contributed by atoms with van der Waals surface area (Å²) in [7, 11) is 0. The Morgan fingerprint density at radius 1 is 1.00 bits per heavy atom. The highest BCUT2D eigenvalue weighted by Crippen LogP contribution is 2.43. The van der Waals surface area contributed by atoms with E-state index in [2.05, 4.69) is 25.1 Å². The molecule has 162 valence electrons. The molecule has 1 unspecified atom stereocenters. The highest BCUT2D eigenvalue weighted by atomic mass is 16.2. The van der Waals surface area contributed by atoms with E-state index in [1.807, 2.05) is 5.01 Å². The van der Waals surface area contributed by atoms with Gasteiger partial charge in [-0.3, -0.25) is 25.6 Å². The Labute approximate surface area is 177 Å². The number of hydrogen-bond donors (Lipinski definition) is 2. The molecule has 1 spiro atoms. The number of carbonyl (C=O) groups is 2. The minimum Gasteiger partial charge on any atom is -0.341 e. The number of imide groups is 1. The molecule has 3 N–H and O–H groups in total. The number of hydrazine groups is 1. The Hall–Kier alpha value is -2.10. The Morgan fingerprint density at radius 2 is 1.67 bits per heavy atom. The van der Waals surface area contributed by atoms with Crippen molar-refractivity contribution in [2.45, 2.75) is 50.5 Å². The number of carbonyl (C=O) groups excluding carboxylic acids is 2. The van der Waals surface area contributed by atoms with Gasteiger partial charge < -0.3 is 4.90 Å². The van der Waals surface area contributed by atoms with Gasteiger partial charge in [-0.15, -0.1) is 0 Å². The van der Waals surface area contributed by atoms with Gasteiger partial charge in [0, 0.05) is 69.7 Å². The number of nitrogens with two attached hydrogens (primary N) is 1. The van der Waals surface area contributed by atoms with Crippen LogP contribution in [0.3, 0.4) is 0 Å². The molecule has 5 heterocycles.